The van der Waals surface area contributed by atoms with E-state index in [1.165, 1.54) is 24.8 Å². The van der Waals surface area contributed by atoms with Crippen LogP contribution in [0.15, 0.2) is 18.3 Å². The molecule has 1 atom stereocenters. The number of rotatable bonds is 6. The first-order chi connectivity index (χ1) is 11.6. The van der Waals surface area contributed by atoms with Gasteiger partial charge in [-0.15, -0.1) is 0 Å². The summed E-state index contributed by atoms with van der Waals surface area (Å²) in [5.74, 6) is 1.35. The van der Waals surface area contributed by atoms with E-state index in [0.29, 0.717) is 11.9 Å². The number of nitrogens with zero attached hydrogens (tertiary/aromatic N) is 4. The maximum absolute atomic E-state index is 11.8. The highest BCUT2D eigenvalue weighted by Gasteiger charge is 2.25. The fourth-order valence-corrected chi connectivity index (χ4v) is 3.85. The van der Waals surface area contributed by atoms with Gasteiger partial charge in [0, 0.05) is 52.4 Å². The molecule has 0 aliphatic carbocycles. The molecule has 24 heavy (non-hydrogen) atoms. The highest BCUT2D eigenvalue weighted by Crippen LogP contribution is 2.23. The van der Waals surface area contributed by atoms with Gasteiger partial charge in [-0.1, -0.05) is 12.5 Å². The largest absolute Gasteiger partial charge is 0.363 e. The van der Waals surface area contributed by atoms with Gasteiger partial charge in [0.2, 0.25) is 5.91 Å². The second-order valence-electron chi connectivity index (χ2n) is 7.31. The van der Waals surface area contributed by atoms with Crippen LogP contribution in [0.2, 0.25) is 0 Å². The van der Waals surface area contributed by atoms with Gasteiger partial charge >= 0.3 is 0 Å². The predicted molar refractivity (Wildman–Crippen MR) is 97.0 cm³/mol. The highest BCUT2D eigenvalue weighted by molar-refractivity contribution is 5.78. The number of carbonyl (C=O) groups is 1. The lowest BCUT2D eigenvalue weighted by molar-refractivity contribution is -0.127. The summed E-state index contributed by atoms with van der Waals surface area (Å²) in [5, 5.41) is 0. The van der Waals surface area contributed by atoms with Gasteiger partial charge in [-0.05, 0) is 43.9 Å². The Morgan fingerprint density at radius 1 is 1.21 bits per heavy atom. The first-order valence-corrected chi connectivity index (χ1v) is 9.27. The third kappa shape index (κ3) is 4.26. The minimum absolute atomic E-state index is 0.348. The summed E-state index contributed by atoms with van der Waals surface area (Å²) >= 11 is 0. The summed E-state index contributed by atoms with van der Waals surface area (Å²) < 4.78 is 0. The van der Waals surface area contributed by atoms with Crippen molar-refractivity contribution in [2.45, 2.75) is 51.1 Å². The summed E-state index contributed by atoms with van der Waals surface area (Å²) in [7, 11) is 4.03. The van der Waals surface area contributed by atoms with Crippen LogP contribution < -0.4 is 4.90 Å². The Morgan fingerprint density at radius 3 is 2.75 bits per heavy atom. The second kappa shape index (κ2) is 7.97. The lowest BCUT2D eigenvalue weighted by Gasteiger charge is -2.36. The van der Waals surface area contributed by atoms with Gasteiger partial charge < -0.3 is 9.80 Å². The highest BCUT2D eigenvalue weighted by atomic mass is 16.2. The van der Waals surface area contributed by atoms with E-state index in [1.807, 2.05) is 25.2 Å². The zero-order chi connectivity index (χ0) is 16.9. The molecule has 1 aromatic rings. The monoisotopic (exact) mass is 330 g/mol. The first kappa shape index (κ1) is 17.2. The quantitative estimate of drug-likeness (QED) is 0.803. The molecule has 0 saturated carbocycles. The standard InChI is InChI=1S/C19H30N4O/c1-21(2)18-9-8-16(14-20-18)15-23-11-4-3-6-17(23)10-13-22-12-5-7-19(22)24/h8-9,14,17H,3-7,10-13,15H2,1-2H3/t17-/m1/s1. The minimum Gasteiger partial charge on any atom is -0.363 e. The van der Waals surface area contributed by atoms with E-state index in [-0.39, 0.29) is 0 Å². The van der Waals surface area contributed by atoms with Gasteiger partial charge in [-0.2, -0.15) is 0 Å². The molecule has 3 heterocycles. The molecule has 0 bridgehead atoms. The fourth-order valence-electron chi connectivity index (χ4n) is 3.85. The molecule has 0 spiro atoms. The van der Waals surface area contributed by atoms with Gasteiger partial charge in [-0.25, -0.2) is 4.98 Å². The number of aromatic nitrogens is 1. The molecule has 2 aliphatic rings. The van der Waals surface area contributed by atoms with E-state index >= 15 is 0 Å². The van der Waals surface area contributed by atoms with Crippen molar-refractivity contribution in [3.8, 4) is 0 Å². The van der Waals surface area contributed by atoms with Crippen LogP contribution in [0, 0.1) is 0 Å². The summed E-state index contributed by atoms with van der Waals surface area (Å²) in [5.41, 5.74) is 1.28. The molecule has 5 heteroatoms. The zero-order valence-corrected chi connectivity index (χ0v) is 15.1. The number of hydrogen-bond acceptors (Lipinski definition) is 4. The van der Waals surface area contributed by atoms with Crippen molar-refractivity contribution in [1.82, 2.24) is 14.8 Å². The number of likely N-dealkylation sites (tertiary alicyclic amines) is 2. The summed E-state index contributed by atoms with van der Waals surface area (Å²) in [6, 6.07) is 4.88. The maximum atomic E-state index is 11.8. The summed E-state index contributed by atoms with van der Waals surface area (Å²) in [6.07, 6.45) is 8.75. The van der Waals surface area contributed by atoms with Crippen LogP contribution in [-0.2, 0) is 11.3 Å². The average molecular weight is 330 g/mol. The van der Waals surface area contributed by atoms with Crippen molar-refractivity contribution < 1.29 is 4.79 Å². The molecule has 132 valence electrons. The first-order valence-electron chi connectivity index (χ1n) is 9.27. The van der Waals surface area contributed by atoms with Crippen LogP contribution in [0.3, 0.4) is 0 Å². The molecular formula is C19H30N4O. The van der Waals surface area contributed by atoms with Crippen LogP contribution in [0.1, 0.15) is 44.1 Å². The fraction of sp³-hybridized carbons (Fsp3) is 0.684. The van der Waals surface area contributed by atoms with Crippen molar-refractivity contribution >= 4 is 11.7 Å². The molecule has 3 rings (SSSR count). The number of piperidine rings is 1. The predicted octanol–water partition coefficient (Wildman–Crippen LogP) is 2.51. The molecule has 2 aliphatic heterocycles. The van der Waals surface area contributed by atoms with Crippen LogP contribution in [0.4, 0.5) is 5.82 Å². The second-order valence-corrected chi connectivity index (χ2v) is 7.31. The summed E-state index contributed by atoms with van der Waals surface area (Å²) in [4.78, 5) is 23.0. The Balaban J connectivity index is 1.56. The van der Waals surface area contributed by atoms with Crippen molar-refractivity contribution in [2.75, 3.05) is 38.6 Å². The van der Waals surface area contributed by atoms with E-state index < -0.39 is 0 Å². The molecule has 1 aromatic heterocycles. The lowest BCUT2D eigenvalue weighted by Crippen LogP contribution is -2.41. The molecule has 1 amide bonds. The van der Waals surface area contributed by atoms with Crippen LogP contribution >= 0.6 is 0 Å². The molecule has 2 saturated heterocycles. The van der Waals surface area contributed by atoms with Gasteiger partial charge in [-0.3, -0.25) is 9.69 Å². The lowest BCUT2D eigenvalue weighted by atomic mass is 9.98. The Kier molecular flexibility index (Phi) is 5.72. The topological polar surface area (TPSA) is 39.7 Å². The van der Waals surface area contributed by atoms with Gasteiger partial charge in [0.15, 0.2) is 0 Å². The van der Waals surface area contributed by atoms with E-state index in [0.717, 1.165) is 51.3 Å². The van der Waals surface area contributed by atoms with Crippen molar-refractivity contribution in [3.63, 3.8) is 0 Å². The van der Waals surface area contributed by atoms with E-state index in [9.17, 15) is 4.79 Å². The molecular weight excluding hydrogens is 300 g/mol. The van der Waals surface area contributed by atoms with Gasteiger partial charge in [0.05, 0.1) is 0 Å². The average Bonchev–Trinajstić information content (AvgIpc) is 3.00. The normalized spacial score (nSPS) is 22.2. The molecule has 5 nitrogen and oxygen atoms in total. The number of hydrogen-bond donors (Lipinski definition) is 0. The van der Waals surface area contributed by atoms with E-state index in [4.69, 9.17) is 0 Å². The number of amides is 1. The Bertz CT molecular complexity index is 543. The molecule has 2 fully saturated rings. The van der Waals surface area contributed by atoms with Crippen LogP contribution in [0.5, 0.6) is 0 Å². The van der Waals surface area contributed by atoms with Crippen LogP contribution in [0.25, 0.3) is 0 Å². The third-order valence-corrected chi connectivity index (χ3v) is 5.31. The smallest absolute Gasteiger partial charge is 0.222 e. The number of anilines is 1. The zero-order valence-electron chi connectivity index (χ0n) is 15.1. The van der Waals surface area contributed by atoms with E-state index in [2.05, 4.69) is 26.9 Å². The molecule has 0 aromatic carbocycles. The Labute approximate surface area is 145 Å². The minimum atomic E-state index is 0.348. The van der Waals surface area contributed by atoms with Crippen molar-refractivity contribution in [2.24, 2.45) is 0 Å². The number of pyridine rings is 1. The van der Waals surface area contributed by atoms with Crippen molar-refractivity contribution in [1.29, 1.82) is 0 Å². The Morgan fingerprint density at radius 2 is 2.08 bits per heavy atom. The third-order valence-electron chi connectivity index (χ3n) is 5.31. The maximum Gasteiger partial charge on any atom is 0.222 e. The molecule has 0 unspecified atom stereocenters. The van der Waals surface area contributed by atoms with Crippen LogP contribution in [-0.4, -0.2) is 60.5 Å². The number of carbonyl (C=O) groups excluding carboxylic acids is 1. The molecule has 0 N–H and O–H groups in total. The van der Waals surface area contributed by atoms with Gasteiger partial charge in [0.1, 0.15) is 5.82 Å². The summed E-state index contributed by atoms with van der Waals surface area (Å²) in [6.45, 7) is 4.02. The SMILES string of the molecule is CN(C)c1ccc(CN2CCCC[C@@H]2CCN2CCCC2=O)cn1. The van der Waals surface area contributed by atoms with Crippen molar-refractivity contribution in [3.05, 3.63) is 23.9 Å². The van der Waals surface area contributed by atoms with E-state index in [1.54, 1.807) is 0 Å². The van der Waals surface area contributed by atoms with Gasteiger partial charge in [0.25, 0.3) is 0 Å². The molecule has 0 radical (unpaired) electrons. The Hall–Kier alpha value is -1.62.